The summed E-state index contributed by atoms with van der Waals surface area (Å²) in [6, 6.07) is 2.65. The maximum Gasteiger partial charge on any atom is 0.417 e. The molecule has 2 aromatic rings. The molecule has 0 bridgehead atoms. The molecule has 19 heavy (non-hydrogen) atoms. The minimum atomic E-state index is -4.60. The van der Waals surface area contributed by atoms with Gasteiger partial charge in [-0.2, -0.15) is 13.2 Å². The van der Waals surface area contributed by atoms with Gasteiger partial charge in [-0.3, -0.25) is 0 Å². The van der Waals surface area contributed by atoms with Crippen LogP contribution < -0.4 is 0 Å². The van der Waals surface area contributed by atoms with Gasteiger partial charge in [0.15, 0.2) is 0 Å². The summed E-state index contributed by atoms with van der Waals surface area (Å²) in [6.07, 6.45) is -4.60. The minimum absolute atomic E-state index is 0.0780. The van der Waals surface area contributed by atoms with Crippen LogP contribution in [0, 0.1) is 5.82 Å². The molecule has 6 heteroatoms. The zero-order valence-electron chi connectivity index (χ0n) is 10.3. The van der Waals surface area contributed by atoms with Crippen LogP contribution >= 0.6 is 11.3 Å². The molecule has 1 aromatic heterocycles. The Balaban J connectivity index is 2.55. The summed E-state index contributed by atoms with van der Waals surface area (Å²) in [7, 11) is 0. The molecular formula is C13H11F4NS. The fraction of sp³-hybridized carbons (Fsp3) is 0.308. The number of thiazole rings is 1. The second-order valence-corrected chi connectivity index (χ2v) is 5.28. The highest BCUT2D eigenvalue weighted by Crippen LogP contribution is 2.38. The Labute approximate surface area is 111 Å². The fourth-order valence-corrected chi connectivity index (χ4v) is 2.63. The van der Waals surface area contributed by atoms with Crippen molar-refractivity contribution < 1.29 is 17.6 Å². The van der Waals surface area contributed by atoms with Crippen molar-refractivity contribution in [2.45, 2.75) is 25.9 Å². The van der Waals surface area contributed by atoms with Crippen molar-refractivity contribution in [2.24, 2.45) is 0 Å². The van der Waals surface area contributed by atoms with Gasteiger partial charge in [-0.1, -0.05) is 13.8 Å². The molecule has 0 aliphatic rings. The molecule has 2 rings (SSSR count). The van der Waals surface area contributed by atoms with Crippen molar-refractivity contribution in [1.82, 2.24) is 4.98 Å². The maximum absolute atomic E-state index is 13.0. The molecule has 0 N–H and O–H groups in total. The molecule has 0 atom stereocenters. The maximum atomic E-state index is 13.0. The highest BCUT2D eigenvalue weighted by atomic mass is 32.1. The van der Waals surface area contributed by atoms with Crippen LogP contribution in [0.15, 0.2) is 23.6 Å². The Morgan fingerprint density at radius 3 is 2.42 bits per heavy atom. The summed E-state index contributed by atoms with van der Waals surface area (Å²) < 4.78 is 51.7. The van der Waals surface area contributed by atoms with Gasteiger partial charge in [0.25, 0.3) is 0 Å². The van der Waals surface area contributed by atoms with Crippen LogP contribution in [0.2, 0.25) is 0 Å². The van der Waals surface area contributed by atoms with Crippen LogP contribution in [0.4, 0.5) is 17.6 Å². The van der Waals surface area contributed by atoms with Gasteiger partial charge in [0, 0.05) is 10.9 Å². The molecule has 0 aliphatic heterocycles. The van der Waals surface area contributed by atoms with Gasteiger partial charge >= 0.3 is 6.18 Å². The van der Waals surface area contributed by atoms with E-state index in [0.29, 0.717) is 6.07 Å². The van der Waals surface area contributed by atoms with Crippen molar-refractivity contribution in [3.8, 4) is 10.6 Å². The van der Waals surface area contributed by atoms with Crippen molar-refractivity contribution in [3.63, 3.8) is 0 Å². The van der Waals surface area contributed by atoms with Crippen LogP contribution in [0.25, 0.3) is 10.6 Å². The normalized spacial score (nSPS) is 12.2. The van der Waals surface area contributed by atoms with E-state index in [9.17, 15) is 17.6 Å². The first-order chi connectivity index (χ1) is 8.79. The number of rotatable bonds is 2. The molecule has 0 spiro atoms. The molecule has 0 fully saturated rings. The SMILES string of the molecule is CC(C)c1csc(-c2ccc(F)cc2C(F)(F)F)n1. The minimum Gasteiger partial charge on any atom is -0.241 e. The van der Waals surface area contributed by atoms with E-state index in [4.69, 9.17) is 0 Å². The third kappa shape index (κ3) is 2.94. The van der Waals surface area contributed by atoms with E-state index in [1.165, 1.54) is 0 Å². The number of halogens is 4. The monoisotopic (exact) mass is 289 g/mol. The third-order valence-corrected chi connectivity index (χ3v) is 3.52. The molecule has 1 heterocycles. The van der Waals surface area contributed by atoms with Crippen molar-refractivity contribution in [3.05, 3.63) is 40.7 Å². The first-order valence-electron chi connectivity index (χ1n) is 5.61. The van der Waals surface area contributed by atoms with Crippen LogP contribution in [-0.2, 0) is 6.18 Å². The summed E-state index contributed by atoms with van der Waals surface area (Å²) in [6.45, 7) is 3.82. The first kappa shape index (κ1) is 14.0. The number of aromatic nitrogens is 1. The molecule has 0 unspecified atom stereocenters. The summed E-state index contributed by atoms with van der Waals surface area (Å²) >= 11 is 1.13. The van der Waals surface area contributed by atoms with Gasteiger partial charge in [0.2, 0.25) is 0 Å². The topological polar surface area (TPSA) is 12.9 Å². The van der Waals surface area contributed by atoms with Gasteiger partial charge in [-0.15, -0.1) is 11.3 Å². The average Bonchev–Trinajstić information content (AvgIpc) is 2.77. The highest BCUT2D eigenvalue weighted by Gasteiger charge is 2.34. The molecule has 1 aromatic carbocycles. The first-order valence-corrected chi connectivity index (χ1v) is 6.49. The van der Waals surface area contributed by atoms with E-state index in [2.05, 4.69) is 4.98 Å². The Morgan fingerprint density at radius 2 is 1.89 bits per heavy atom. The summed E-state index contributed by atoms with van der Waals surface area (Å²) in [4.78, 5) is 4.18. The Bertz CT molecular complexity index is 587. The molecule has 0 saturated carbocycles. The van der Waals surface area contributed by atoms with Crippen LogP contribution in [0.3, 0.4) is 0 Å². The van der Waals surface area contributed by atoms with Gasteiger partial charge in [-0.25, -0.2) is 9.37 Å². The Kier molecular flexibility index (Phi) is 3.62. The molecule has 0 aliphatic carbocycles. The molecule has 102 valence electrons. The Hall–Kier alpha value is -1.43. The standard InChI is InChI=1S/C13H11F4NS/c1-7(2)11-6-19-12(18-11)9-4-3-8(14)5-10(9)13(15,16)17/h3-7H,1-2H3. The van der Waals surface area contributed by atoms with E-state index in [1.54, 1.807) is 5.38 Å². The zero-order valence-corrected chi connectivity index (χ0v) is 11.1. The molecule has 0 saturated heterocycles. The van der Waals surface area contributed by atoms with Crippen molar-refractivity contribution >= 4 is 11.3 Å². The lowest BCUT2D eigenvalue weighted by Crippen LogP contribution is -2.07. The van der Waals surface area contributed by atoms with Crippen molar-refractivity contribution in [1.29, 1.82) is 0 Å². The Morgan fingerprint density at radius 1 is 1.21 bits per heavy atom. The number of hydrogen-bond acceptors (Lipinski definition) is 2. The lowest BCUT2D eigenvalue weighted by atomic mass is 10.1. The van der Waals surface area contributed by atoms with Crippen LogP contribution in [0.5, 0.6) is 0 Å². The molecule has 1 nitrogen and oxygen atoms in total. The summed E-state index contributed by atoms with van der Waals surface area (Å²) in [5.41, 5.74) is -0.333. The lowest BCUT2D eigenvalue weighted by molar-refractivity contribution is -0.137. The summed E-state index contributed by atoms with van der Waals surface area (Å²) in [5, 5.41) is 1.99. The molecular weight excluding hydrogens is 278 g/mol. The zero-order chi connectivity index (χ0) is 14.2. The highest BCUT2D eigenvalue weighted by molar-refractivity contribution is 7.13. The largest absolute Gasteiger partial charge is 0.417 e. The predicted molar refractivity (Wildman–Crippen MR) is 66.6 cm³/mol. The average molecular weight is 289 g/mol. The smallest absolute Gasteiger partial charge is 0.241 e. The quantitative estimate of drug-likeness (QED) is 0.702. The van der Waals surface area contributed by atoms with E-state index >= 15 is 0 Å². The van der Waals surface area contributed by atoms with Gasteiger partial charge in [0.1, 0.15) is 10.8 Å². The number of nitrogens with zero attached hydrogens (tertiary/aromatic N) is 1. The second kappa shape index (κ2) is 4.92. The van der Waals surface area contributed by atoms with Gasteiger partial charge in [0.05, 0.1) is 11.3 Å². The second-order valence-electron chi connectivity index (χ2n) is 4.42. The molecule has 0 radical (unpaired) electrons. The number of hydrogen-bond donors (Lipinski definition) is 0. The number of alkyl halides is 3. The van der Waals surface area contributed by atoms with E-state index < -0.39 is 17.6 Å². The molecule has 0 amide bonds. The lowest BCUT2D eigenvalue weighted by Gasteiger charge is -2.11. The third-order valence-electron chi connectivity index (χ3n) is 2.63. The predicted octanol–water partition coefficient (Wildman–Crippen LogP) is 5.09. The van der Waals surface area contributed by atoms with Crippen molar-refractivity contribution in [2.75, 3.05) is 0 Å². The van der Waals surface area contributed by atoms with E-state index in [-0.39, 0.29) is 16.5 Å². The fourth-order valence-electron chi connectivity index (χ4n) is 1.61. The van der Waals surface area contributed by atoms with Gasteiger partial charge in [-0.05, 0) is 24.1 Å². The van der Waals surface area contributed by atoms with Crippen LogP contribution in [0.1, 0.15) is 31.0 Å². The van der Waals surface area contributed by atoms with Gasteiger partial charge < -0.3 is 0 Å². The van der Waals surface area contributed by atoms with E-state index in [1.807, 2.05) is 13.8 Å². The summed E-state index contributed by atoms with van der Waals surface area (Å²) in [5.74, 6) is -0.767. The number of benzene rings is 1. The van der Waals surface area contributed by atoms with Crippen LogP contribution in [-0.4, -0.2) is 4.98 Å². The van der Waals surface area contributed by atoms with E-state index in [0.717, 1.165) is 29.2 Å².